The fourth-order valence-corrected chi connectivity index (χ4v) is 2.15. The molecular formula is C15H10N2O2. The van der Waals surface area contributed by atoms with Crippen LogP contribution < -0.4 is 10.2 Å². The van der Waals surface area contributed by atoms with Crippen molar-refractivity contribution in [3.63, 3.8) is 0 Å². The molecule has 0 aliphatic heterocycles. The van der Waals surface area contributed by atoms with Crippen LogP contribution in [0, 0.1) is 11.3 Å². The molecule has 92 valence electrons. The predicted molar refractivity (Wildman–Crippen MR) is 73.3 cm³/mol. The summed E-state index contributed by atoms with van der Waals surface area (Å²) in [6, 6.07) is 12.4. The van der Waals surface area contributed by atoms with E-state index in [2.05, 4.69) is 4.98 Å². The van der Waals surface area contributed by atoms with Gasteiger partial charge in [-0.25, -0.2) is 0 Å². The summed E-state index contributed by atoms with van der Waals surface area (Å²) in [6.07, 6.45) is 0. The van der Waals surface area contributed by atoms with E-state index in [1.807, 2.05) is 12.1 Å². The highest BCUT2D eigenvalue weighted by Crippen LogP contribution is 2.20. The Balaban J connectivity index is 2.47. The van der Waals surface area contributed by atoms with Crippen LogP contribution in [0.5, 0.6) is 5.75 Å². The Morgan fingerprint density at radius 3 is 2.47 bits per heavy atom. The Morgan fingerprint density at radius 2 is 1.79 bits per heavy atom. The van der Waals surface area contributed by atoms with Crippen molar-refractivity contribution in [3.05, 3.63) is 52.2 Å². The third-order valence-corrected chi connectivity index (χ3v) is 3.13. The van der Waals surface area contributed by atoms with Gasteiger partial charge in [-0.2, -0.15) is 5.26 Å². The molecule has 1 aromatic heterocycles. The second-order valence-corrected chi connectivity index (χ2v) is 4.24. The van der Waals surface area contributed by atoms with Gasteiger partial charge in [0.05, 0.1) is 24.3 Å². The van der Waals surface area contributed by atoms with Gasteiger partial charge in [-0.05, 0) is 36.4 Å². The van der Waals surface area contributed by atoms with Gasteiger partial charge in [0, 0.05) is 16.3 Å². The van der Waals surface area contributed by atoms with Crippen molar-refractivity contribution >= 4 is 21.8 Å². The molecule has 1 heterocycles. The standard InChI is InChI=1S/C15H10N2O2/c1-19-10-3-5-14-12(7-10)15(18)11-6-9(8-16)2-4-13(11)17-14/h2-7H,1H3,(H,17,18). The highest BCUT2D eigenvalue weighted by Gasteiger charge is 2.07. The van der Waals surface area contributed by atoms with Gasteiger partial charge >= 0.3 is 0 Å². The molecule has 0 bridgehead atoms. The van der Waals surface area contributed by atoms with Gasteiger partial charge in [0.15, 0.2) is 5.43 Å². The lowest BCUT2D eigenvalue weighted by Gasteiger charge is -2.05. The summed E-state index contributed by atoms with van der Waals surface area (Å²) in [4.78, 5) is 15.6. The summed E-state index contributed by atoms with van der Waals surface area (Å²) in [7, 11) is 1.56. The zero-order chi connectivity index (χ0) is 13.4. The van der Waals surface area contributed by atoms with Crippen molar-refractivity contribution in [2.75, 3.05) is 7.11 Å². The van der Waals surface area contributed by atoms with Gasteiger partial charge in [-0.1, -0.05) is 0 Å². The van der Waals surface area contributed by atoms with Gasteiger partial charge in [0.2, 0.25) is 0 Å². The largest absolute Gasteiger partial charge is 0.497 e. The van der Waals surface area contributed by atoms with Gasteiger partial charge in [0.25, 0.3) is 0 Å². The third-order valence-electron chi connectivity index (χ3n) is 3.13. The van der Waals surface area contributed by atoms with E-state index in [9.17, 15) is 4.79 Å². The summed E-state index contributed by atoms with van der Waals surface area (Å²) in [6.45, 7) is 0. The number of ether oxygens (including phenoxy) is 1. The molecule has 0 fully saturated rings. The quantitative estimate of drug-likeness (QED) is 0.675. The highest BCUT2D eigenvalue weighted by atomic mass is 16.5. The van der Waals surface area contributed by atoms with Crippen LogP contribution in [0.2, 0.25) is 0 Å². The topological polar surface area (TPSA) is 65.9 Å². The number of benzene rings is 2. The number of methoxy groups -OCH3 is 1. The average Bonchev–Trinajstić information content (AvgIpc) is 2.47. The molecule has 4 heteroatoms. The fraction of sp³-hybridized carbons (Fsp3) is 0.0667. The van der Waals surface area contributed by atoms with E-state index in [-0.39, 0.29) is 5.43 Å². The van der Waals surface area contributed by atoms with Gasteiger partial charge in [-0.3, -0.25) is 4.79 Å². The Hall–Kier alpha value is -2.80. The van der Waals surface area contributed by atoms with E-state index in [0.717, 1.165) is 11.0 Å². The summed E-state index contributed by atoms with van der Waals surface area (Å²) in [5.41, 5.74) is 1.85. The number of fused-ring (bicyclic) bond motifs is 2. The molecule has 0 saturated heterocycles. The van der Waals surface area contributed by atoms with Crippen LogP contribution in [-0.4, -0.2) is 12.1 Å². The number of nitrogens with zero attached hydrogens (tertiary/aromatic N) is 1. The van der Waals surface area contributed by atoms with Crippen molar-refractivity contribution < 1.29 is 4.74 Å². The molecule has 0 unspecified atom stereocenters. The monoisotopic (exact) mass is 250 g/mol. The molecular weight excluding hydrogens is 240 g/mol. The Bertz CT molecular complexity index is 888. The van der Waals surface area contributed by atoms with Crippen LogP contribution in [0.15, 0.2) is 41.2 Å². The minimum absolute atomic E-state index is 0.0975. The predicted octanol–water partition coefficient (Wildman–Crippen LogP) is 2.56. The SMILES string of the molecule is COc1ccc2[nH]c3ccc(C#N)cc3c(=O)c2c1. The second kappa shape index (κ2) is 4.14. The maximum Gasteiger partial charge on any atom is 0.197 e. The van der Waals surface area contributed by atoms with E-state index >= 15 is 0 Å². The molecule has 0 atom stereocenters. The second-order valence-electron chi connectivity index (χ2n) is 4.24. The number of nitrogens with one attached hydrogen (secondary N) is 1. The summed E-state index contributed by atoms with van der Waals surface area (Å²) in [5, 5.41) is 9.97. The molecule has 2 aromatic carbocycles. The van der Waals surface area contributed by atoms with E-state index in [4.69, 9.17) is 10.00 Å². The van der Waals surface area contributed by atoms with Gasteiger partial charge in [-0.15, -0.1) is 0 Å². The van der Waals surface area contributed by atoms with Crippen LogP contribution in [0.1, 0.15) is 5.56 Å². The highest BCUT2D eigenvalue weighted by molar-refractivity contribution is 5.93. The Kier molecular flexibility index (Phi) is 2.46. The molecule has 3 rings (SSSR count). The van der Waals surface area contributed by atoms with E-state index in [1.54, 1.807) is 37.4 Å². The number of aromatic amines is 1. The van der Waals surface area contributed by atoms with Crippen LogP contribution in [0.3, 0.4) is 0 Å². The minimum atomic E-state index is -0.0975. The molecule has 19 heavy (non-hydrogen) atoms. The van der Waals surface area contributed by atoms with E-state index in [0.29, 0.717) is 22.1 Å². The lowest BCUT2D eigenvalue weighted by molar-refractivity contribution is 0.415. The minimum Gasteiger partial charge on any atom is -0.497 e. The first-order valence-corrected chi connectivity index (χ1v) is 5.77. The number of H-pyrrole nitrogens is 1. The van der Waals surface area contributed by atoms with E-state index in [1.165, 1.54) is 0 Å². The molecule has 0 aliphatic rings. The zero-order valence-corrected chi connectivity index (χ0v) is 10.2. The molecule has 3 aromatic rings. The number of hydrogen-bond acceptors (Lipinski definition) is 3. The smallest absolute Gasteiger partial charge is 0.197 e. The number of hydrogen-bond donors (Lipinski definition) is 1. The van der Waals surface area contributed by atoms with Crippen LogP contribution in [0.25, 0.3) is 21.8 Å². The lowest BCUT2D eigenvalue weighted by Crippen LogP contribution is -2.04. The van der Waals surface area contributed by atoms with Crippen molar-refractivity contribution in [2.45, 2.75) is 0 Å². The molecule has 1 N–H and O–H groups in total. The van der Waals surface area contributed by atoms with Crippen molar-refractivity contribution in [2.24, 2.45) is 0 Å². The lowest BCUT2D eigenvalue weighted by atomic mass is 10.1. The fourth-order valence-electron chi connectivity index (χ4n) is 2.15. The van der Waals surface area contributed by atoms with Crippen molar-refractivity contribution in [3.8, 4) is 11.8 Å². The average molecular weight is 250 g/mol. The molecule has 0 saturated carbocycles. The maximum atomic E-state index is 12.4. The number of aromatic nitrogens is 1. The first-order chi connectivity index (χ1) is 9.22. The first kappa shape index (κ1) is 11.3. The molecule has 0 amide bonds. The maximum absolute atomic E-state index is 12.4. The van der Waals surface area contributed by atoms with Gasteiger partial charge < -0.3 is 9.72 Å². The summed E-state index contributed by atoms with van der Waals surface area (Å²) in [5.74, 6) is 0.633. The molecule has 0 radical (unpaired) electrons. The van der Waals surface area contributed by atoms with Crippen molar-refractivity contribution in [1.82, 2.24) is 4.98 Å². The zero-order valence-electron chi connectivity index (χ0n) is 10.2. The van der Waals surface area contributed by atoms with Crippen molar-refractivity contribution in [1.29, 1.82) is 5.26 Å². The van der Waals surface area contributed by atoms with Gasteiger partial charge in [0.1, 0.15) is 5.75 Å². The number of rotatable bonds is 1. The van der Waals surface area contributed by atoms with E-state index < -0.39 is 0 Å². The first-order valence-electron chi connectivity index (χ1n) is 5.77. The normalized spacial score (nSPS) is 10.5. The number of pyridine rings is 1. The molecule has 0 aliphatic carbocycles. The molecule has 0 spiro atoms. The van der Waals surface area contributed by atoms with Crippen LogP contribution >= 0.6 is 0 Å². The summed E-state index contributed by atoms with van der Waals surface area (Å²) >= 11 is 0. The van der Waals surface area contributed by atoms with Crippen LogP contribution in [-0.2, 0) is 0 Å². The number of nitriles is 1. The van der Waals surface area contributed by atoms with Crippen LogP contribution in [0.4, 0.5) is 0 Å². The third kappa shape index (κ3) is 1.72. The Labute approximate surface area is 108 Å². The molecule has 4 nitrogen and oxygen atoms in total. The summed E-state index contributed by atoms with van der Waals surface area (Å²) < 4.78 is 5.13. The Morgan fingerprint density at radius 1 is 1.11 bits per heavy atom.